The fourth-order valence-corrected chi connectivity index (χ4v) is 2.24. The lowest BCUT2D eigenvalue weighted by Gasteiger charge is -1.97. The zero-order valence-corrected chi connectivity index (χ0v) is 9.33. The van der Waals surface area contributed by atoms with Crippen LogP contribution in [0.5, 0.6) is 0 Å². The van der Waals surface area contributed by atoms with E-state index in [-0.39, 0.29) is 11.5 Å². The molecule has 0 saturated heterocycles. The Morgan fingerprint density at radius 3 is 1.77 bits per heavy atom. The van der Waals surface area contributed by atoms with Crippen LogP contribution in [0.15, 0.2) is 0 Å². The summed E-state index contributed by atoms with van der Waals surface area (Å²) in [5.74, 6) is -0.242. The summed E-state index contributed by atoms with van der Waals surface area (Å²) in [6.07, 6.45) is 1.22. The molecule has 0 aliphatic heterocycles. The van der Waals surface area contributed by atoms with Crippen molar-refractivity contribution in [3.8, 4) is 0 Å². The second-order valence-electron chi connectivity index (χ2n) is 2.67. The van der Waals surface area contributed by atoms with Gasteiger partial charge in [-0.25, -0.2) is 22.0 Å². The summed E-state index contributed by atoms with van der Waals surface area (Å²) in [6.45, 7) is 0. The second kappa shape index (κ2) is 5.14. The predicted octanol–water partition coefficient (Wildman–Crippen LogP) is 0.0138. The van der Waals surface area contributed by atoms with Crippen molar-refractivity contribution in [3.05, 3.63) is 0 Å². The first-order chi connectivity index (χ1) is 5.71. The molecule has 5 nitrogen and oxygen atoms in total. The number of unbranched alkanes of at least 4 members (excludes halogenated alkanes) is 2. The van der Waals surface area contributed by atoms with Crippen LogP contribution in [0.3, 0.4) is 0 Å². The smallest absolute Gasteiger partial charge is 0.229 e. The van der Waals surface area contributed by atoms with E-state index < -0.39 is 19.1 Å². The van der Waals surface area contributed by atoms with Gasteiger partial charge in [-0.05, 0) is 12.8 Å². The van der Waals surface area contributed by atoms with E-state index in [0.29, 0.717) is 19.3 Å². The van der Waals surface area contributed by atoms with Gasteiger partial charge in [-0.3, -0.25) is 0 Å². The first kappa shape index (κ1) is 13.2. The van der Waals surface area contributed by atoms with Gasteiger partial charge in [0.15, 0.2) is 0 Å². The van der Waals surface area contributed by atoms with Crippen LogP contribution in [0.1, 0.15) is 19.3 Å². The van der Waals surface area contributed by atoms with Crippen molar-refractivity contribution in [2.45, 2.75) is 19.3 Å². The Balaban J connectivity index is 3.50. The molecule has 0 unspecified atom stereocenters. The molecule has 0 saturated carbocycles. The molecule has 0 amide bonds. The predicted molar refractivity (Wildman–Crippen MR) is 51.5 cm³/mol. The molecule has 0 aliphatic carbocycles. The van der Waals surface area contributed by atoms with E-state index in [1.807, 2.05) is 0 Å². The van der Waals surface area contributed by atoms with Gasteiger partial charge in [-0.2, -0.15) is 0 Å². The van der Waals surface area contributed by atoms with Crippen molar-refractivity contribution >= 4 is 29.8 Å². The lowest BCUT2D eigenvalue weighted by molar-refractivity contribution is 0.591. The average Bonchev–Trinajstić information content (AvgIpc) is 1.81. The lowest BCUT2D eigenvalue weighted by atomic mass is 10.3. The summed E-state index contributed by atoms with van der Waals surface area (Å²) in [5, 5.41) is 4.73. The topological polar surface area (TPSA) is 94.3 Å². The molecule has 13 heavy (non-hydrogen) atoms. The van der Waals surface area contributed by atoms with Crippen LogP contribution in [-0.4, -0.2) is 28.3 Å². The van der Waals surface area contributed by atoms with E-state index in [1.165, 1.54) is 0 Å². The molecular formula is C5H12ClNO4S2. The number of nitrogens with two attached hydrogens (primary N) is 1. The summed E-state index contributed by atoms with van der Waals surface area (Å²) >= 11 is 0. The Hall–Kier alpha value is 0.150. The number of hydrogen-bond donors (Lipinski definition) is 1. The molecule has 0 radical (unpaired) electrons. The van der Waals surface area contributed by atoms with Crippen molar-refractivity contribution in [2.75, 3.05) is 11.5 Å². The van der Waals surface area contributed by atoms with Crippen molar-refractivity contribution in [1.82, 2.24) is 0 Å². The first-order valence-electron chi connectivity index (χ1n) is 3.63. The maximum atomic E-state index is 10.4. The normalized spacial score (nSPS) is 13.1. The third kappa shape index (κ3) is 12.1. The molecule has 0 aromatic heterocycles. The SMILES string of the molecule is NS(=O)(=O)CCCCCS(=O)(=O)Cl. The number of sulfonamides is 1. The number of hydrogen-bond acceptors (Lipinski definition) is 4. The standard InChI is InChI=1S/C5H12ClNO4S2/c6-12(8,9)4-2-1-3-5-13(7,10)11/h1-5H2,(H2,7,10,11). The molecule has 0 atom stereocenters. The number of primary sulfonamides is 1. The van der Waals surface area contributed by atoms with E-state index >= 15 is 0 Å². The van der Waals surface area contributed by atoms with Crippen LogP contribution >= 0.6 is 10.7 Å². The minimum atomic E-state index is -3.45. The molecule has 2 N–H and O–H groups in total. The van der Waals surface area contributed by atoms with E-state index in [1.54, 1.807) is 0 Å². The average molecular weight is 250 g/mol. The number of rotatable bonds is 6. The molecule has 0 aliphatic rings. The molecule has 0 rings (SSSR count). The first-order valence-corrected chi connectivity index (χ1v) is 7.83. The van der Waals surface area contributed by atoms with Gasteiger partial charge < -0.3 is 0 Å². The van der Waals surface area contributed by atoms with Gasteiger partial charge in [0.05, 0.1) is 11.5 Å². The summed E-state index contributed by atoms with van der Waals surface area (Å²) < 4.78 is 41.7. The van der Waals surface area contributed by atoms with Crippen molar-refractivity contribution in [1.29, 1.82) is 0 Å². The zero-order chi connectivity index (χ0) is 10.5. The molecule has 0 aromatic carbocycles. The van der Waals surface area contributed by atoms with Crippen LogP contribution in [0, 0.1) is 0 Å². The van der Waals surface area contributed by atoms with Gasteiger partial charge in [-0.1, -0.05) is 6.42 Å². The molecule has 8 heteroatoms. The minimum Gasteiger partial charge on any atom is -0.229 e. The highest BCUT2D eigenvalue weighted by atomic mass is 35.7. The highest BCUT2D eigenvalue weighted by molar-refractivity contribution is 8.13. The summed E-state index contributed by atoms with van der Waals surface area (Å²) in [5.41, 5.74) is 0. The highest BCUT2D eigenvalue weighted by Gasteiger charge is 2.05. The highest BCUT2D eigenvalue weighted by Crippen LogP contribution is 2.04. The van der Waals surface area contributed by atoms with Gasteiger partial charge in [0, 0.05) is 10.7 Å². The van der Waals surface area contributed by atoms with E-state index in [2.05, 4.69) is 0 Å². The zero-order valence-electron chi connectivity index (χ0n) is 6.94. The maximum Gasteiger partial charge on any atom is 0.232 e. The maximum absolute atomic E-state index is 10.4. The van der Waals surface area contributed by atoms with E-state index in [0.717, 1.165) is 0 Å². The van der Waals surface area contributed by atoms with Gasteiger partial charge in [-0.15, -0.1) is 0 Å². The molecule has 80 valence electrons. The fourth-order valence-electron chi connectivity index (χ4n) is 0.754. The molecule has 0 bridgehead atoms. The fraction of sp³-hybridized carbons (Fsp3) is 1.00. The summed E-state index contributed by atoms with van der Waals surface area (Å²) in [7, 11) is -1.94. The Labute approximate surface area is 82.7 Å². The molecule has 0 aromatic rings. The minimum absolute atomic E-state index is 0.116. The van der Waals surface area contributed by atoms with Crippen LogP contribution in [0.2, 0.25) is 0 Å². The molecule has 0 spiro atoms. The second-order valence-corrected chi connectivity index (χ2v) is 7.30. The Bertz CT molecular complexity index is 300. The Morgan fingerprint density at radius 1 is 0.923 bits per heavy atom. The summed E-state index contributed by atoms with van der Waals surface area (Å²) in [4.78, 5) is 0. The molecular weight excluding hydrogens is 238 g/mol. The molecule has 0 heterocycles. The Kier molecular flexibility index (Phi) is 5.19. The molecule has 0 fully saturated rings. The van der Waals surface area contributed by atoms with E-state index in [9.17, 15) is 16.8 Å². The summed E-state index contributed by atoms with van der Waals surface area (Å²) in [6, 6.07) is 0. The van der Waals surface area contributed by atoms with Crippen LogP contribution in [-0.2, 0) is 19.1 Å². The third-order valence-corrected chi connectivity index (χ3v) is 3.41. The van der Waals surface area contributed by atoms with Crippen LogP contribution in [0.4, 0.5) is 0 Å². The van der Waals surface area contributed by atoms with Gasteiger partial charge in [0.25, 0.3) is 0 Å². The largest absolute Gasteiger partial charge is 0.232 e. The third-order valence-electron chi connectivity index (χ3n) is 1.32. The monoisotopic (exact) mass is 249 g/mol. The van der Waals surface area contributed by atoms with Crippen LogP contribution < -0.4 is 5.14 Å². The van der Waals surface area contributed by atoms with Crippen molar-refractivity contribution in [3.63, 3.8) is 0 Å². The quantitative estimate of drug-likeness (QED) is 0.530. The lowest BCUT2D eigenvalue weighted by Crippen LogP contribution is -2.16. The van der Waals surface area contributed by atoms with Crippen molar-refractivity contribution < 1.29 is 16.8 Å². The van der Waals surface area contributed by atoms with Crippen molar-refractivity contribution in [2.24, 2.45) is 5.14 Å². The van der Waals surface area contributed by atoms with Gasteiger partial charge >= 0.3 is 0 Å². The Morgan fingerprint density at radius 2 is 1.38 bits per heavy atom. The van der Waals surface area contributed by atoms with Crippen LogP contribution in [0.25, 0.3) is 0 Å². The number of halogens is 1. The van der Waals surface area contributed by atoms with E-state index in [4.69, 9.17) is 15.8 Å². The van der Waals surface area contributed by atoms with Gasteiger partial charge in [0.1, 0.15) is 0 Å². The van der Waals surface area contributed by atoms with Gasteiger partial charge in [0.2, 0.25) is 19.1 Å².